The van der Waals surface area contributed by atoms with Crippen molar-refractivity contribution in [3.63, 3.8) is 0 Å². The van der Waals surface area contributed by atoms with E-state index in [1.165, 1.54) is 28.9 Å². The molecular weight excluding hydrogens is 323 g/mol. The molecular formula is C18H23FN4O2. The van der Waals surface area contributed by atoms with Crippen LogP contribution in [0.2, 0.25) is 0 Å². The van der Waals surface area contributed by atoms with Crippen LogP contribution in [0.3, 0.4) is 0 Å². The smallest absolute Gasteiger partial charge is 0.271 e. The van der Waals surface area contributed by atoms with E-state index in [1.54, 1.807) is 6.07 Å². The van der Waals surface area contributed by atoms with Crippen LogP contribution in [0.5, 0.6) is 0 Å². The van der Waals surface area contributed by atoms with Crippen LogP contribution in [0.4, 0.5) is 4.39 Å². The van der Waals surface area contributed by atoms with E-state index in [9.17, 15) is 14.0 Å². The number of rotatable bonds is 7. The lowest BCUT2D eigenvalue weighted by Crippen LogP contribution is -2.36. The van der Waals surface area contributed by atoms with E-state index in [-0.39, 0.29) is 29.0 Å². The number of amides is 1. The van der Waals surface area contributed by atoms with Gasteiger partial charge in [-0.1, -0.05) is 19.1 Å². The quantitative estimate of drug-likeness (QED) is 0.830. The second kappa shape index (κ2) is 8.53. The first kappa shape index (κ1) is 18.8. The van der Waals surface area contributed by atoms with Crippen molar-refractivity contribution in [1.29, 1.82) is 0 Å². The number of carbonyl (C=O) groups excluding carboxylic acids is 1. The van der Waals surface area contributed by atoms with Gasteiger partial charge in [0, 0.05) is 19.2 Å². The Morgan fingerprint density at radius 2 is 2.08 bits per heavy atom. The van der Waals surface area contributed by atoms with Gasteiger partial charge in [-0.3, -0.25) is 9.59 Å². The highest BCUT2D eigenvalue weighted by molar-refractivity contribution is 5.92. The maximum atomic E-state index is 13.5. The monoisotopic (exact) mass is 346 g/mol. The summed E-state index contributed by atoms with van der Waals surface area (Å²) in [6.45, 7) is 2.69. The molecule has 0 fully saturated rings. The molecule has 0 radical (unpaired) electrons. The molecule has 0 aliphatic rings. The molecule has 1 unspecified atom stereocenters. The molecule has 6 nitrogen and oxygen atoms in total. The van der Waals surface area contributed by atoms with Crippen molar-refractivity contribution in [2.75, 3.05) is 20.6 Å². The molecule has 2 rings (SSSR count). The van der Waals surface area contributed by atoms with Gasteiger partial charge in [-0.2, -0.15) is 5.10 Å². The molecule has 0 saturated carbocycles. The highest BCUT2D eigenvalue weighted by Crippen LogP contribution is 2.18. The van der Waals surface area contributed by atoms with Crippen molar-refractivity contribution >= 4 is 5.91 Å². The third kappa shape index (κ3) is 4.96. The molecule has 2 aromatic rings. The van der Waals surface area contributed by atoms with Crippen LogP contribution < -0.4 is 10.9 Å². The van der Waals surface area contributed by atoms with E-state index in [1.807, 2.05) is 32.0 Å². The van der Waals surface area contributed by atoms with E-state index in [0.29, 0.717) is 13.1 Å². The Morgan fingerprint density at radius 3 is 2.72 bits per heavy atom. The van der Waals surface area contributed by atoms with Crippen LogP contribution in [0.1, 0.15) is 35.4 Å². The number of benzene rings is 1. The molecule has 7 heteroatoms. The number of aryl methyl sites for hydroxylation is 1. The molecule has 25 heavy (non-hydrogen) atoms. The molecule has 1 aromatic heterocycles. The molecule has 134 valence electrons. The Bertz CT molecular complexity index is 789. The van der Waals surface area contributed by atoms with Crippen LogP contribution in [0, 0.1) is 5.82 Å². The van der Waals surface area contributed by atoms with Gasteiger partial charge in [-0.15, -0.1) is 0 Å². The fraction of sp³-hybridized carbons (Fsp3) is 0.389. The molecule has 1 N–H and O–H groups in total. The fourth-order valence-corrected chi connectivity index (χ4v) is 2.53. The summed E-state index contributed by atoms with van der Waals surface area (Å²) in [5, 5.41) is 6.90. The lowest BCUT2D eigenvalue weighted by molar-refractivity contribution is 0.0934. The number of nitrogens with zero attached hydrogens (tertiary/aromatic N) is 3. The average molecular weight is 346 g/mol. The summed E-state index contributed by atoms with van der Waals surface area (Å²) in [6.07, 6.45) is 0.750. The first-order chi connectivity index (χ1) is 11.9. The number of aromatic nitrogens is 2. The highest BCUT2D eigenvalue weighted by Gasteiger charge is 2.17. The maximum absolute atomic E-state index is 13.5. The minimum atomic E-state index is -0.367. The second-order valence-electron chi connectivity index (χ2n) is 6.02. The zero-order valence-corrected chi connectivity index (χ0v) is 14.7. The van der Waals surface area contributed by atoms with Gasteiger partial charge >= 0.3 is 0 Å². The number of nitrogens with one attached hydrogen (secondary N) is 1. The topological polar surface area (TPSA) is 67.2 Å². The lowest BCUT2D eigenvalue weighted by Gasteiger charge is -2.25. The van der Waals surface area contributed by atoms with Crippen molar-refractivity contribution in [1.82, 2.24) is 20.0 Å². The molecule has 1 atom stereocenters. The largest absolute Gasteiger partial charge is 0.349 e. The van der Waals surface area contributed by atoms with E-state index in [2.05, 4.69) is 10.4 Å². The van der Waals surface area contributed by atoms with Gasteiger partial charge in [0.15, 0.2) is 0 Å². The molecule has 0 spiro atoms. The van der Waals surface area contributed by atoms with Gasteiger partial charge in [-0.05, 0) is 44.3 Å². The van der Waals surface area contributed by atoms with E-state index >= 15 is 0 Å². The Kier molecular flexibility index (Phi) is 6.41. The molecule has 1 heterocycles. The summed E-state index contributed by atoms with van der Waals surface area (Å²) in [5.41, 5.74) is 0.725. The van der Waals surface area contributed by atoms with E-state index < -0.39 is 0 Å². The average Bonchev–Trinajstić information content (AvgIpc) is 2.57. The highest BCUT2D eigenvalue weighted by atomic mass is 19.1. The van der Waals surface area contributed by atoms with Crippen molar-refractivity contribution in [2.24, 2.45) is 0 Å². The van der Waals surface area contributed by atoms with E-state index in [0.717, 1.165) is 12.0 Å². The predicted molar refractivity (Wildman–Crippen MR) is 93.9 cm³/mol. The van der Waals surface area contributed by atoms with Gasteiger partial charge in [0.2, 0.25) is 0 Å². The fourth-order valence-electron chi connectivity index (χ4n) is 2.53. The van der Waals surface area contributed by atoms with Crippen LogP contribution in [0.15, 0.2) is 41.2 Å². The lowest BCUT2D eigenvalue weighted by atomic mass is 10.1. The Labute approximate surface area is 146 Å². The summed E-state index contributed by atoms with van der Waals surface area (Å²) in [6, 6.07) is 8.88. The summed E-state index contributed by atoms with van der Waals surface area (Å²) >= 11 is 0. The second-order valence-corrected chi connectivity index (χ2v) is 6.02. The number of hydrogen-bond donors (Lipinski definition) is 1. The normalized spacial score (nSPS) is 12.2. The van der Waals surface area contributed by atoms with Crippen molar-refractivity contribution in [2.45, 2.75) is 25.9 Å². The van der Waals surface area contributed by atoms with Crippen molar-refractivity contribution in [3.8, 4) is 0 Å². The van der Waals surface area contributed by atoms with Gasteiger partial charge in [0.05, 0.1) is 6.04 Å². The number of carbonyl (C=O) groups is 1. The minimum Gasteiger partial charge on any atom is -0.349 e. The first-order valence-corrected chi connectivity index (χ1v) is 8.20. The van der Waals surface area contributed by atoms with Crippen molar-refractivity contribution in [3.05, 3.63) is 63.8 Å². The van der Waals surface area contributed by atoms with Gasteiger partial charge < -0.3 is 10.2 Å². The van der Waals surface area contributed by atoms with Crippen LogP contribution in [-0.4, -0.2) is 41.2 Å². The standard InChI is InChI=1S/C18H23FN4O2/c1-4-10-23-17(24)9-8-15(21-23)18(25)20-12-16(22(2)3)13-6-5-7-14(19)11-13/h5-9,11,16H,4,10,12H2,1-3H3,(H,20,25). The third-order valence-electron chi connectivity index (χ3n) is 3.85. The molecule has 0 bridgehead atoms. The zero-order chi connectivity index (χ0) is 18.4. The SMILES string of the molecule is CCCn1nc(C(=O)NCC(c2cccc(F)c2)N(C)C)ccc1=O. The van der Waals surface area contributed by atoms with Gasteiger partial charge in [0.25, 0.3) is 11.5 Å². The molecule has 0 saturated heterocycles. The maximum Gasteiger partial charge on any atom is 0.271 e. The number of likely N-dealkylation sites (N-methyl/N-ethyl adjacent to an activating group) is 1. The number of halogens is 1. The van der Waals surface area contributed by atoms with Crippen LogP contribution >= 0.6 is 0 Å². The van der Waals surface area contributed by atoms with Gasteiger partial charge in [-0.25, -0.2) is 9.07 Å². The van der Waals surface area contributed by atoms with E-state index in [4.69, 9.17) is 0 Å². The summed E-state index contributed by atoms with van der Waals surface area (Å²) in [7, 11) is 3.73. The Morgan fingerprint density at radius 1 is 1.32 bits per heavy atom. The van der Waals surface area contributed by atoms with Gasteiger partial charge in [0.1, 0.15) is 11.5 Å². The summed E-state index contributed by atoms with van der Waals surface area (Å²) in [5.74, 6) is -0.683. The summed E-state index contributed by atoms with van der Waals surface area (Å²) in [4.78, 5) is 25.9. The predicted octanol–water partition coefficient (Wildman–Crippen LogP) is 1.83. The Balaban J connectivity index is 2.11. The van der Waals surface area contributed by atoms with Crippen molar-refractivity contribution < 1.29 is 9.18 Å². The molecule has 1 aromatic carbocycles. The van der Waals surface area contributed by atoms with Crippen LogP contribution in [-0.2, 0) is 6.54 Å². The van der Waals surface area contributed by atoms with Crippen LogP contribution in [0.25, 0.3) is 0 Å². The third-order valence-corrected chi connectivity index (χ3v) is 3.85. The molecule has 0 aliphatic heterocycles. The Hall–Kier alpha value is -2.54. The summed E-state index contributed by atoms with van der Waals surface area (Å²) < 4.78 is 14.7. The number of hydrogen-bond acceptors (Lipinski definition) is 4. The molecule has 1 amide bonds. The molecule has 0 aliphatic carbocycles. The first-order valence-electron chi connectivity index (χ1n) is 8.20. The zero-order valence-electron chi connectivity index (χ0n) is 14.7. The minimum absolute atomic E-state index is 0.179.